The molecule has 4 atom stereocenters. The van der Waals surface area contributed by atoms with E-state index >= 15 is 0 Å². The fourth-order valence-corrected chi connectivity index (χ4v) is 4.94. The zero-order valence-corrected chi connectivity index (χ0v) is 15.2. The number of amides is 1. The van der Waals surface area contributed by atoms with E-state index in [4.69, 9.17) is 5.41 Å². The van der Waals surface area contributed by atoms with Gasteiger partial charge in [0.1, 0.15) is 17.1 Å². The topological polar surface area (TPSA) is 148 Å². The SMILES string of the molecule is CNC(=O)C1=C(O)CC2CC3Cc4cccc(O)c4C(=O)C3C(=O)[C@]2(O)C1=N. The molecule has 3 aliphatic carbocycles. The van der Waals surface area contributed by atoms with Crippen LogP contribution in [0.2, 0.25) is 0 Å². The van der Waals surface area contributed by atoms with E-state index in [0.717, 1.165) is 0 Å². The first-order chi connectivity index (χ1) is 13.2. The molecule has 1 aromatic rings. The molecule has 1 fully saturated rings. The Labute approximate surface area is 160 Å². The standard InChI is InChI=1S/C20H20N2O6/c1-22-19(27)15-12(24)7-10-6-9-5-8-3-2-4-11(23)13(8)16(25)14(9)18(26)20(10,28)17(15)21/h2-4,9-10,14,21,23-24,28H,5-7H2,1H3,(H,22,27)/t9?,10?,14?,20-/m1/s1. The molecule has 1 amide bonds. The highest BCUT2D eigenvalue weighted by molar-refractivity contribution is 6.33. The first kappa shape index (κ1) is 18.4. The number of fused-ring (bicyclic) bond motifs is 3. The highest BCUT2D eigenvalue weighted by Gasteiger charge is 2.62. The summed E-state index contributed by atoms with van der Waals surface area (Å²) in [5.41, 5.74) is -2.72. The minimum absolute atomic E-state index is 0.0754. The van der Waals surface area contributed by atoms with Crippen molar-refractivity contribution >= 4 is 23.2 Å². The molecule has 0 saturated heterocycles. The summed E-state index contributed by atoms with van der Waals surface area (Å²) in [4.78, 5) is 38.4. The van der Waals surface area contributed by atoms with Crippen LogP contribution in [0.15, 0.2) is 29.5 Å². The number of nitrogens with one attached hydrogen (secondary N) is 2. The molecule has 1 saturated carbocycles. The molecule has 0 aliphatic heterocycles. The van der Waals surface area contributed by atoms with Gasteiger partial charge in [0, 0.05) is 19.4 Å². The summed E-state index contributed by atoms with van der Waals surface area (Å²) >= 11 is 0. The Bertz CT molecular complexity index is 981. The predicted octanol–water partition coefficient (Wildman–Crippen LogP) is 0.665. The van der Waals surface area contributed by atoms with Crippen molar-refractivity contribution in [2.24, 2.45) is 17.8 Å². The van der Waals surface area contributed by atoms with E-state index in [0.29, 0.717) is 12.0 Å². The number of benzene rings is 1. The summed E-state index contributed by atoms with van der Waals surface area (Å²) in [5.74, 6) is -5.15. The molecule has 4 rings (SSSR count). The molecule has 0 radical (unpaired) electrons. The number of likely N-dealkylation sites (N-methyl/N-ethyl adjacent to an activating group) is 1. The summed E-state index contributed by atoms with van der Waals surface area (Å²) in [6, 6.07) is 4.72. The molecule has 3 aliphatic rings. The number of carbonyl (C=O) groups excluding carboxylic acids is 3. The molecule has 3 unspecified atom stereocenters. The molecular weight excluding hydrogens is 364 g/mol. The second-order valence-corrected chi connectivity index (χ2v) is 7.66. The second kappa shape index (κ2) is 6.00. The van der Waals surface area contributed by atoms with Crippen molar-refractivity contribution in [1.29, 1.82) is 5.41 Å². The number of rotatable bonds is 1. The summed E-state index contributed by atoms with van der Waals surface area (Å²) in [7, 11) is 1.31. The van der Waals surface area contributed by atoms with Crippen LogP contribution in [-0.2, 0) is 16.0 Å². The Morgan fingerprint density at radius 3 is 2.64 bits per heavy atom. The fraction of sp³-hybridized carbons (Fsp3) is 0.400. The summed E-state index contributed by atoms with van der Waals surface area (Å²) in [6.07, 6.45) is 0.484. The van der Waals surface area contributed by atoms with Gasteiger partial charge in [0.2, 0.25) is 0 Å². The predicted molar refractivity (Wildman–Crippen MR) is 97.3 cm³/mol. The Kier molecular flexibility index (Phi) is 3.94. The van der Waals surface area contributed by atoms with Gasteiger partial charge in [-0.1, -0.05) is 12.1 Å². The molecular formula is C20H20N2O6. The molecule has 5 N–H and O–H groups in total. The van der Waals surface area contributed by atoms with Crippen LogP contribution in [-0.4, -0.2) is 51.2 Å². The lowest BCUT2D eigenvalue weighted by atomic mass is 9.55. The first-order valence-electron chi connectivity index (χ1n) is 9.07. The van der Waals surface area contributed by atoms with Crippen LogP contribution in [0, 0.1) is 23.2 Å². The van der Waals surface area contributed by atoms with Crippen LogP contribution in [0.4, 0.5) is 0 Å². The van der Waals surface area contributed by atoms with E-state index in [9.17, 15) is 29.7 Å². The number of Topliss-reactive ketones (excluding diaryl/α,β-unsaturated/α-hetero) is 2. The summed E-state index contributed by atoms with van der Waals surface area (Å²) < 4.78 is 0. The number of hydrogen-bond donors (Lipinski definition) is 5. The van der Waals surface area contributed by atoms with Crippen LogP contribution in [0.25, 0.3) is 0 Å². The number of phenolic OH excluding ortho intramolecular Hbond substituents is 1. The van der Waals surface area contributed by atoms with Crippen LogP contribution in [0.1, 0.15) is 28.8 Å². The maximum Gasteiger partial charge on any atom is 0.256 e. The highest BCUT2D eigenvalue weighted by Crippen LogP contribution is 2.50. The minimum Gasteiger partial charge on any atom is -0.511 e. The molecule has 0 bridgehead atoms. The normalized spacial score (nSPS) is 31.8. The molecule has 146 valence electrons. The van der Waals surface area contributed by atoms with E-state index in [-0.39, 0.29) is 29.9 Å². The van der Waals surface area contributed by atoms with Gasteiger partial charge in [0.05, 0.1) is 17.2 Å². The fourth-order valence-electron chi connectivity index (χ4n) is 4.94. The zero-order chi connectivity index (χ0) is 20.4. The van der Waals surface area contributed by atoms with Crippen molar-refractivity contribution in [1.82, 2.24) is 5.32 Å². The van der Waals surface area contributed by atoms with Crippen molar-refractivity contribution in [3.63, 3.8) is 0 Å². The van der Waals surface area contributed by atoms with E-state index in [1.807, 2.05) is 0 Å². The van der Waals surface area contributed by atoms with E-state index in [1.54, 1.807) is 12.1 Å². The summed E-state index contributed by atoms with van der Waals surface area (Å²) in [6.45, 7) is 0. The number of hydrogen-bond acceptors (Lipinski definition) is 7. The highest BCUT2D eigenvalue weighted by atomic mass is 16.3. The first-order valence-corrected chi connectivity index (χ1v) is 9.07. The maximum absolute atomic E-state index is 13.3. The third-order valence-electron chi connectivity index (χ3n) is 6.26. The molecule has 8 nitrogen and oxygen atoms in total. The van der Waals surface area contributed by atoms with Crippen LogP contribution in [0.5, 0.6) is 5.75 Å². The number of aliphatic hydroxyl groups is 2. The maximum atomic E-state index is 13.3. The average molecular weight is 384 g/mol. The number of carbonyl (C=O) groups is 3. The van der Waals surface area contributed by atoms with Gasteiger partial charge in [-0.25, -0.2) is 0 Å². The quantitative estimate of drug-likeness (QED) is 0.449. The molecule has 0 heterocycles. The van der Waals surface area contributed by atoms with Crippen LogP contribution in [0.3, 0.4) is 0 Å². The van der Waals surface area contributed by atoms with Gasteiger partial charge >= 0.3 is 0 Å². The second-order valence-electron chi connectivity index (χ2n) is 7.66. The third kappa shape index (κ3) is 2.21. The molecule has 0 aromatic heterocycles. The Morgan fingerprint density at radius 2 is 1.96 bits per heavy atom. The largest absolute Gasteiger partial charge is 0.511 e. The van der Waals surface area contributed by atoms with Gasteiger partial charge in [-0.3, -0.25) is 14.4 Å². The average Bonchev–Trinajstić information content (AvgIpc) is 2.64. The monoisotopic (exact) mass is 384 g/mol. The van der Waals surface area contributed by atoms with Gasteiger partial charge in [-0.2, -0.15) is 0 Å². The lowest BCUT2D eigenvalue weighted by molar-refractivity contribution is -0.146. The van der Waals surface area contributed by atoms with Crippen molar-refractivity contribution in [2.45, 2.75) is 24.9 Å². The van der Waals surface area contributed by atoms with Gasteiger partial charge in [-0.05, 0) is 30.4 Å². The molecule has 28 heavy (non-hydrogen) atoms. The van der Waals surface area contributed by atoms with Crippen molar-refractivity contribution in [3.05, 3.63) is 40.7 Å². The van der Waals surface area contributed by atoms with Crippen molar-refractivity contribution in [2.75, 3.05) is 7.05 Å². The van der Waals surface area contributed by atoms with E-state index in [2.05, 4.69) is 5.32 Å². The van der Waals surface area contributed by atoms with Gasteiger partial charge in [0.25, 0.3) is 5.91 Å². The Morgan fingerprint density at radius 1 is 1.25 bits per heavy atom. The molecule has 1 aromatic carbocycles. The Balaban J connectivity index is 1.81. The third-order valence-corrected chi connectivity index (χ3v) is 6.26. The zero-order valence-electron chi connectivity index (χ0n) is 15.2. The number of aromatic hydroxyl groups is 1. The smallest absolute Gasteiger partial charge is 0.256 e. The van der Waals surface area contributed by atoms with Gasteiger partial charge in [0.15, 0.2) is 17.2 Å². The van der Waals surface area contributed by atoms with Crippen molar-refractivity contribution < 1.29 is 29.7 Å². The Hall–Kier alpha value is -3.00. The molecule has 8 heteroatoms. The van der Waals surface area contributed by atoms with Gasteiger partial charge in [-0.15, -0.1) is 0 Å². The number of ketones is 2. The van der Waals surface area contributed by atoms with Crippen LogP contribution < -0.4 is 5.32 Å². The number of allylic oxidation sites excluding steroid dienone is 1. The minimum atomic E-state index is -2.33. The summed E-state index contributed by atoms with van der Waals surface area (Å²) in [5, 5.41) is 42.2. The lowest BCUT2D eigenvalue weighted by Gasteiger charge is -2.48. The number of phenols is 1. The number of aliphatic hydroxyl groups excluding tert-OH is 1. The van der Waals surface area contributed by atoms with Crippen molar-refractivity contribution in [3.8, 4) is 5.75 Å². The van der Waals surface area contributed by atoms with Crippen LogP contribution >= 0.6 is 0 Å². The van der Waals surface area contributed by atoms with E-state index < -0.39 is 52.1 Å². The van der Waals surface area contributed by atoms with E-state index in [1.165, 1.54) is 13.1 Å². The van der Waals surface area contributed by atoms with Gasteiger partial charge < -0.3 is 26.0 Å². The molecule has 0 spiro atoms. The lowest BCUT2D eigenvalue weighted by Crippen LogP contribution is -2.64.